The molecule has 160 valence electrons. The summed E-state index contributed by atoms with van der Waals surface area (Å²) < 4.78 is 0. The number of hydrogen-bond donors (Lipinski definition) is 2. The van der Waals surface area contributed by atoms with Crippen LogP contribution in [0.3, 0.4) is 0 Å². The van der Waals surface area contributed by atoms with Gasteiger partial charge in [0.15, 0.2) is 0 Å². The van der Waals surface area contributed by atoms with Gasteiger partial charge in [0, 0.05) is 34.6 Å². The van der Waals surface area contributed by atoms with Crippen LogP contribution in [0.2, 0.25) is 0 Å². The van der Waals surface area contributed by atoms with E-state index in [2.05, 4.69) is 10.6 Å². The first-order chi connectivity index (χ1) is 15.7. The molecule has 0 atom stereocenters. The molecular weight excluding hydrogens is 398 g/mol. The maximum Gasteiger partial charge on any atom is 0.258 e. The predicted molar refractivity (Wildman–Crippen MR) is 131 cm³/mol. The number of benzene rings is 4. The van der Waals surface area contributed by atoms with Crippen molar-refractivity contribution in [1.82, 2.24) is 0 Å². The maximum atomic E-state index is 12.9. The number of nitrogens with one attached hydrogen (secondary N) is 2. The molecule has 0 heterocycles. The Morgan fingerprint density at radius 2 is 1.47 bits per heavy atom. The normalized spacial score (nSPS) is 10.5. The standard InChI is InChI=1S/C27H25N3O2/c1-2-30(23-11-4-3-5-12-23)27(32)21-15-17-22(18-16-21)28-19-26(31)29-25-14-8-10-20-9-6-7-13-24(20)25/h3-18,28H,2,19H2,1H3,(H,29,31). The van der Waals surface area contributed by atoms with Gasteiger partial charge in [0.25, 0.3) is 5.91 Å². The van der Waals surface area contributed by atoms with E-state index in [9.17, 15) is 9.59 Å². The molecule has 0 saturated heterocycles. The molecule has 5 nitrogen and oxygen atoms in total. The van der Waals surface area contributed by atoms with Crippen LogP contribution in [-0.2, 0) is 4.79 Å². The molecule has 4 aromatic rings. The van der Waals surface area contributed by atoms with Gasteiger partial charge in [-0.3, -0.25) is 9.59 Å². The second-order valence-corrected chi connectivity index (χ2v) is 7.39. The zero-order valence-electron chi connectivity index (χ0n) is 17.9. The van der Waals surface area contributed by atoms with Gasteiger partial charge in [0.1, 0.15) is 0 Å². The number of carbonyl (C=O) groups is 2. The number of para-hydroxylation sites is 1. The lowest BCUT2D eigenvalue weighted by Crippen LogP contribution is -2.30. The molecule has 0 spiro atoms. The lowest BCUT2D eigenvalue weighted by molar-refractivity contribution is -0.114. The van der Waals surface area contributed by atoms with Gasteiger partial charge in [0.05, 0.1) is 6.54 Å². The van der Waals surface area contributed by atoms with Crippen LogP contribution in [0.5, 0.6) is 0 Å². The Morgan fingerprint density at radius 1 is 0.781 bits per heavy atom. The summed E-state index contributed by atoms with van der Waals surface area (Å²) in [5.41, 5.74) is 3.03. The van der Waals surface area contributed by atoms with E-state index < -0.39 is 0 Å². The van der Waals surface area contributed by atoms with Crippen LogP contribution >= 0.6 is 0 Å². The molecule has 0 aliphatic heterocycles. The zero-order chi connectivity index (χ0) is 22.3. The molecule has 0 radical (unpaired) electrons. The molecule has 32 heavy (non-hydrogen) atoms. The van der Waals surface area contributed by atoms with E-state index in [0.29, 0.717) is 12.1 Å². The Hall–Kier alpha value is -4.12. The summed E-state index contributed by atoms with van der Waals surface area (Å²) in [6, 6.07) is 30.6. The average Bonchev–Trinajstić information content (AvgIpc) is 2.84. The van der Waals surface area contributed by atoms with E-state index in [1.165, 1.54) is 0 Å². The zero-order valence-corrected chi connectivity index (χ0v) is 17.9. The third kappa shape index (κ3) is 4.78. The molecule has 0 aromatic heterocycles. The topological polar surface area (TPSA) is 61.4 Å². The quantitative estimate of drug-likeness (QED) is 0.409. The summed E-state index contributed by atoms with van der Waals surface area (Å²) in [5.74, 6) is -0.193. The minimum atomic E-state index is -0.136. The van der Waals surface area contributed by atoms with Crippen LogP contribution in [0.15, 0.2) is 97.1 Å². The first-order valence-electron chi connectivity index (χ1n) is 10.6. The Bertz CT molecular complexity index is 1220. The van der Waals surface area contributed by atoms with Crippen LogP contribution in [-0.4, -0.2) is 24.9 Å². The number of carbonyl (C=O) groups excluding carboxylic acids is 2. The third-order valence-corrected chi connectivity index (χ3v) is 5.28. The van der Waals surface area contributed by atoms with E-state index in [4.69, 9.17) is 0 Å². The van der Waals surface area contributed by atoms with Crippen molar-refractivity contribution in [3.05, 3.63) is 103 Å². The molecule has 4 rings (SSSR count). The molecule has 0 aliphatic rings. The number of amides is 2. The van der Waals surface area contributed by atoms with E-state index in [0.717, 1.165) is 27.8 Å². The van der Waals surface area contributed by atoms with Gasteiger partial charge >= 0.3 is 0 Å². The summed E-state index contributed by atoms with van der Waals surface area (Å²) in [4.78, 5) is 27.1. The van der Waals surface area contributed by atoms with Crippen LogP contribution in [0.1, 0.15) is 17.3 Å². The van der Waals surface area contributed by atoms with Gasteiger partial charge in [0.2, 0.25) is 5.91 Å². The van der Waals surface area contributed by atoms with Crippen molar-refractivity contribution in [2.24, 2.45) is 0 Å². The van der Waals surface area contributed by atoms with Crippen LogP contribution in [0.25, 0.3) is 10.8 Å². The van der Waals surface area contributed by atoms with Crippen molar-refractivity contribution in [1.29, 1.82) is 0 Å². The predicted octanol–water partition coefficient (Wildman–Crippen LogP) is 5.56. The molecule has 2 N–H and O–H groups in total. The number of anilines is 3. The lowest BCUT2D eigenvalue weighted by atomic mass is 10.1. The molecule has 4 aromatic carbocycles. The highest BCUT2D eigenvalue weighted by Gasteiger charge is 2.15. The lowest BCUT2D eigenvalue weighted by Gasteiger charge is -2.21. The molecular formula is C27H25N3O2. The Labute approximate surface area is 187 Å². The summed E-state index contributed by atoms with van der Waals surface area (Å²) in [6.07, 6.45) is 0. The highest BCUT2D eigenvalue weighted by Crippen LogP contribution is 2.23. The van der Waals surface area contributed by atoms with E-state index in [1.54, 1.807) is 17.0 Å². The van der Waals surface area contributed by atoms with Gasteiger partial charge in [-0.05, 0) is 54.8 Å². The van der Waals surface area contributed by atoms with Gasteiger partial charge < -0.3 is 15.5 Å². The van der Waals surface area contributed by atoms with E-state index >= 15 is 0 Å². The van der Waals surface area contributed by atoms with E-state index in [1.807, 2.05) is 91.9 Å². The average molecular weight is 424 g/mol. The molecule has 0 bridgehead atoms. The molecule has 2 amide bonds. The Kier molecular flexibility index (Phi) is 6.46. The fourth-order valence-corrected chi connectivity index (χ4v) is 3.65. The largest absolute Gasteiger partial charge is 0.376 e. The monoisotopic (exact) mass is 423 g/mol. The highest BCUT2D eigenvalue weighted by molar-refractivity contribution is 6.06. The second kappa shape index (κ2) is 9.79. The second-order valence-electron chi connectivity index (χ2n) is 7.39. The van der Waals surface area contributed by atoms with Crippen molar-refractivity contribution in [2.45, 2.75) is 6.92 Å². The fraction of sp³-hybridized carbons (Fsp3) is 0.111. The van der Waals surface area contributed by atoms with Gasteiger partial charge in [-0.1, -0.05) is 54.6 Å². The first-order valence-corrected chi connectivity index (χ1v) is 10.6. The van der Waals surface area contributed by atoms with Gasteiger partial charge in [-0.2, -0.15) is 0 Å². The third-order valence-electron chi connectivity index (χ3n) is 5.28. The summed E-state index contributed by atoms with van der Waals surface area (Å²) >= 11 is 0. The highest BCUT2D eigenvalue weighted by atomic mass is 16.2. The van der Waals surface area contributed by atoms with Crippen molar-refractivity contribution >= 4 is 39.6 Å². The first kappa shape index (κ1) is 21.1. The fourth-order valence-electron chi connectivity index (χ4n) is 3.65. The number of hydrogen-bond acceptors (Lipinski definition) is 3. The van der Waals surface area contributed by atoms with Crippen molar-refractivity contribution < 1.29 is 9.59 Å². The van der Waals surface area contributed by atoms with Crippen molar-refractivity contribution in [2.75, 3.05) is 28.6 Å². The molecule has 0 aliphatic carbocycles. The SMILES string of the molecule is CCN(C(=O)c1ccc(NCC(=O)Nc2cccc3ccccc23)cc1)c1ccccc1. The number of fused-ring (bicyclic) bond motifs is 1. The summed E-state index contributed by atoms with van der Waals surface area (Å²) in [5, 5.41) is 8.16. The maximum absolute atomic E-state index is 12.9. The van der Waals surface area contributed by atoms with Crippen molar-refractivity contribution in [3.8, 4) is 0 Å². The van der Waals surface area contributed by atoms with Crippen molar-refractivity contribution in [3.63, 3.8) is 0 Å². The molecule has 0 fully saturated rings. The molecule has 0 saturated carbocycles. The van der Waals surface area contributed by atoms with Crippen LogP contribution in [0, 0.1) is 0 Å². The Morgan fingerprint density at radius 3 is 2.22 bits per heavy atom. The molecule has 0 unspecified atom stereocenters. The minimum Gasteiger partial charge on any atom is -0.376 e. The van der Waals surface area contributed by atoms with Gasteiger partial charge in [-0.25, -0.2) is 0 Å². The number of nitrogens with zero attached hydrogens (tertiary/aromatic N) is 1. The Balaban J connectivity index is 1.37. The smallest absolute Gasteiger partial charge is 0.258 e. The minimum absolute atomic E-state index is 0.0565. The summed E-state index contributed by atoms with van der Waals surface area (Å²) in [6.45, 7) is 2.66. The van der Waals surface area contributed by atoms with Crippen LogP contribution in [0.4, 0.5) is 17.1 Å². The number of rotatable bonds is 7. The van der Waals surface area contributed by atoms with E-state index in [-0.39, 0.29) is 18.4 Å². The molecule has 5 heteroatoms. The van der Waals surface area contributed by atoms with Crippen LogP contribution < -0.4 is 15.5 Å². The van der Waals surface area contributed by atoms with Gasteiger partial charge in [-0.15, -0.1) is 0 Å². The summed E-state index contributed by atoms with van der Waals surface area (Å²) in [7, 11) is 0.